The number of hydrogen-bond donors (Lipinski definition) is 2. The second-order valence-electron chi connectivity index (χ2n) is 7.27. The third kappa shape index (κ3) is 5.26. The highest BCUT2D eigenvalue weighted by Crippen LogP contribution is 2.24. The molecule has 114 valence electrons. The summed E-state index contributed by atoms with van der Waals surface area (Å²) in [7, 11) is 0. The minimum absolute atomic E-state index is 0.173. The molecule has 20 heavy (non-hydrogen) atoms. The molecular formula is C18H31NO. The van der Waals surface area contributed by atoms with E-state index in [9.17, 15) is 5.11 Å². The zero-order valence-electron chi connectivity index (χ0n) is 13.9. The summed E-state index contributed by atoms with van der Waals surface area (Å²) >= 11 is 0. The smallest absolute Gasteiger partial charge is 0.0584 e. The van der Waals surface area contributed by atoms with Gasteiger partial charge in [0.2, 0.25) is 0 Å². The van der Waals surface area contributed by atoms with E-state index in [1.165, 1.54) is 11.1 Å². The number of aliphatic hydroxyl groups is 1. The van der Waals surface area contributed by atoms with E-state index in [2.05, 4.69) is 71.1 Å². The molecule has 2 nitrogen and oxygen atoms in total. The Morgan fingerprint density at radius 2 is 1.60 bits per heavy atom. The summed E-state index contributed by atoms with van der Waals surface area (Å²) in [5, 5.41) is 13.0. The minimum atomic E-state index is 0.173. The number of rotatable bonds is 6. The van der Waals surface area contributed by atoms with Crippen molar-refractivity contribution in [3.8, 4) is 0 Å². The molecule has 1 rings (SSSR count). The topological polar surface area (TPSA) is 32.3 Å². The second kappa shape index (κ2) is 7.24. The van der Waals surface area contributed by atoms with Crippen molar-refractivity contribution < 1.29 is 5.11 Å². The Morgan fingerprint density at radius 1 is 1.05 bits per heavy atom. The molecule has 2 heteroatoms. The van der Waals surface area contributed by atoms with Crippen LogP contribution in [-0.4, -0.2) is 17.8 Å². The third-order valence-corrected chi connectivity index (χ3v) is 3.74. The summed E-state index contributed by atoms with van der Waals surface area (Å²) in [6.07, 6.45) is 1.00. The van der Waals surface area contributed by atoms with Gasteiger partial charge in [-0.15, -0.1) is 0 Å². The van der Waals surface area contributed by atoms with Crippen LogP contribution in [0.15, 0.2) is 24.3 Å². The molecule has 0 aliphatic rings. The first kappa shape index (κ1) is 17.2. The highest BCUT2D eigenvalue weighted by Gasteiger charge is 2.16. The number of benzene rings is 1. The van der Waals surface area contributed by atoms with Gasteiger partial charge in [0.05, 0.1) is 6.61 Å². The number of hydrogen-bond acceptors (Lipinski definition) is 2. The van der Waals surface area contributed by atoms with Crippen LogP contribution in [0.3, 0.4) is 0 Å². The van der Waals surface area contributed by atoms with Crippen molar-refractivity contribution >= 4 is 0 Å². The van der Waals surface area contributed by atoms with Crippen molar-refractivity contribution in [1.82, 2.24) is 5.32 Å². The van der Waals surface area contributed by atoms with E-state index in [-0.39, 0.29) is 24.1 Å². The molecule has 1 aromatic rings. The molecule has 2 N–H and O–H groups in total. The van der Waals surface area contributed by atoms with E-state index in [1.807, 2.05) is 0 Å². The third-order valence-electron chi connectivity index (χ3n) is 3.74. The van der Waals surface area contributed by atoms with Crippen LogP contribution in [0.5, 0.6) is 0 Å². The van der Waals surface area contributed by atoms with Crippen LogP contribution in [0.2, 0.25) is 0 Å². The lowest BCUT2D eigenvalue weighted by molar-refractivity contribution is 0.215. The molecule has 0 aliphatic heterocycles. The van der Waals surface area contributed by atoms with E-state index >= 15 is 0 Å². The highest BCUT2D eigenvalue weighted by atomic mass is 16.3. The summed E-state index contributed by atoms with van der Waals surface area (Å²) in [4.78, 5) is 0. The molecule has 0 aliphatic carbocycles. The van der Waals surface area contributed by atoms with Crippen molar-refractivity contribution in [3.63, 3.8) is 0 Å². The number of nitrogens with one attached hydrogen (secondary N) is 1. The maximum atomic E-state index is 9.46. The summed E-state index contributed by atoms with van der Waals surface area (Å²) in [6, 6.07) is 9.25. The Morgan fingerprint density at radius 3 is 2.00 bits per heavy atom. The van der Waals surface area contributed by atoms with Crippen LogP contribution in [0.1, 0.15) is 65.1 Å². The van der Waals surface area contributed by atoms with E-state index in [0.29, 0.717) is 5.92 Å². The number of aliphatic hydroxyl groups excluding tert-OH is 1. The maximum Gasteiger partial charge on any atom is 0.0584 e. The molecule has 0 heterocycles. The van der Waals surface area contributed by atoms with Gasteiger partial charge >= 0.3 is 0 Å². The van der Waals surface area contributed by atoms with Crippen LogP contribution >= 0.6 is 0 Å². The monoisotopic (exact) mass is 277 g/mol. The quantitative estimate of drug-likeness (QED) is 0.822. The Bertz CT molecular complexity index is 389. The van der Waals surface area contributed by atoms with Gasteiger partial charge in [0, 0.05) is 12.1 Å². The fourth-order valence-corrected chi connectivity index (χ4v) is 2.49. The molecular weight excluding hydrogens is 246 g/mol. The summed E-state index contributed by atoms with van der Waals surface area (Å²) in [5.41, 5.74) is 2.83. The zero-order valence-corrected chi connectivity index (χ0v) is 13.9. The van der Waals surface area contributed by atoms with Gasteiger partial charge in [0.25, 0.3) is 0 Å². The molecule has 0 saturated carbocycles. The van der Waals surface area contributed by atoms with Gasteiger partial charge < -0.3 is 10.4 Å². The molecule has 0 bridgehead atoms. The van der Waals surface area contributed by atoms with E-state index in [4.69, 9.17) is 0 Å². The SMILES string of the molecule is CC(C)CC(CO)NC(C)c1ccc(C(C)(C)C)cc1. The van der Waals surface area contributed by atoms with Gasteiger partial charge in [-0.25, -0.2) is 0 Å². The molecule has 0 fully saturated rings. The summed E-state index contributed by atoms with van der Waals surface area (Å²) in [6.45, 7) is 13.4. The minimum Gasteiger partial charge on any atom is -0.395 e. The largest absolute Gasteiger partial charge is 0.395 e. The average Bonchev–Trinajstić information content (AvgIpc) is 2.36. The van der Waals surface area contributed by atoms with Crippen molar-refractivity contribution in [2.45, 2.75) is 65.5 Å². The fraction of sp³-hybridized carbons (Fsp3) is 0.667. The lowest BCUT2D eigenvalue weighted by atomic mass is 9.86. The van der Waals surface area contributed by atoms with E-state index in [1.54, 1.807) is 0 Å². The first-order chi connectivity index (χ1) is 9.24. The zero-order chi connectivity index (χ0) is 15.3. The molecule has 0 saturated heterocycles. The van der Waals surface area contributed by atoms with Gasteiger partial charge in [-0.3, -0.25) is 0 Å². The molecule has 2 atom stereocenters. The normalized spacial score (nSPS) is 15.4. The molecule has 0 amide bonds. The lowest BCUT2D eigenvalue weighted by Gasteiger charge is -2.24. The molecule has 2 unspecified atom stereocenters. The summed E-state index contributed by atoms with van der Waals surface area (Å²) < 4.78 is 0. The van der Waals surface area contributed by atoms with Crippen LogP contribution in [0.4, 0.5) is 0 Å². The fourth-order valence-electron chi connectivity index (χ4n) is 2.49. The molecule has 0 spiro atoms. The lowest BCUT2D eigenvalue weighted by Crippen LogP contribution is -2.35. The van der Waals surface area contributed by atoms with Crippen LogP contribution in [0, 0.1) is 5.92 Å². The Kier molecular flexibility index (Phi) is 6.22. The van der Waals surface area contributed by atoms with Crippen molar-refractivity contribution in [2.24, 2.45) is 5.92 Å². The van der Waals surface area contributed by atoms with E-state index in [0.717, 1.165) is 6.42 Å². The second-order valence-corrected chi connectivity index (χ2v) is 7.27. The molecule has 0 radical (unpaired) electrons. The van der Waals surface area contributed by atoms with Crippen molar-refractivity contribution in [1.29, 1.82) is 0 Å². The van der Waals surface area contributed by atoms with Crippen LogP contribution in [0.25, 0.3) is 0 Å². The van der Waals surface area contributed by atoms with Gasteiger partial charge in [0.15, 0.2) is 0 Å². The van der Waals surface area contributed by atoms with Crippen LogP contribution < -0.4 is 5.32 Å². The van der Waals surface area contributed by atoms with Gasteiger partial charge in [-0.2, -0.15) is 0 Å². The van der Waals surface area contributed by atoms with Gasteiger partial charge in [-0.05, 0) is 35.8 Å². The first-order valence-electron chi connectivity index (χ1n) is 7.71. The van der Waals surface area contributed by atoms with E-state index < -0.39 is 0 Å². The van der Waals surface area contributed by atoms with Crippen molar-refractivity contribution in [2.75, 3.05) is 6.61 Å². The predicted octanol–water partition coefficient (Wildman–Crippen LogP) is 4.04. The molecule has 0 aromatic heterocycles. The maximum absolute atomic E-state index is 9.46. The van der Waals surface area contributed by atoms with Crippen LogP contribution in [-0.2, 0) is 5.41 Å². The Balaban J connectivity index is 2.70. The first-order valence-corrected chi connectivity index (χ1v) is 7.71. The van der Waals surface area contributed by atoms with Gasteiger partial charge in [-0.1, -0.05) is 58.9 Å². The molecule has 1 aromatic carbocycles. The Labute approximate surface area is 124 Å². The highest BCUT2D eigenvalue weighted by molar-refractivity contribution is 5.29. The van der Waals surface area contributed by atoms with Gasteiger partial charge in [0.1, 0.15) is 0 Å². The predicted molar refractivity (Wildman–Crippen MR) is 87.0 cm³/mol. The Hall–Kier alpha value is -0.860. The summed E-state index contributed by atoms with van der Waals surface area (Å²) in [5.74, 6) is 0.593. The standard InChI is InChI=1S/C18H31NO/c1-13(2)11-17(12-20)19-14(3)15-7-9-16(10-8-15)18(4,5)6/h7-10,13-14,17,19-20H,11-12H2,1-6H3. The average molecular weight is 277 g/mol. The van der Waals surface area contributed by atoms with Crippen molar-refractivity contribution in [3.05, 3.63) is 35.4 Å².